The number of amides is 1. The molecule has 6 rings (SSSR count). The number of ether oxygens (including phenoxy) is 1. The molecule has 0 aliphatic carbocycles. The van der Waals surface area contributed by atoms with E-state index in [0.717, 1.165) is 13.1 Å². The Labute approximate surface area is 280 Å². The summed E-state index contributed by atoms with van der Waals surface area (Å²) in [4.78, 5) is 28.9. The highest BCUT2D eigenvalue weighted by molar-refractivity contribution is 5.99. The van der Waals surface area contributed by atoms with Gasteiger partial charge in [0.25, 0.3) is 5.91 Å². The third kappa shape index (κ3) is 6.48. The largest absolute Gasteiger partial charge is 0.457 e. The molecule has 250 valence electrons. The number of aromatic nitrogens is 4. The van der Waals surface area contributed by atoms with Crippen molar-refractivity contribution in [1.82, 2.24) is 34.4 Å². The SMILES string of the molecule is C[C@@H]1CN(C(C)(C)C=C(C#N)C(=O)N2CCCC(n3nc(-c4ccc(Oc5ccccc5)cc4F)c4c(N)ncnc43)C2)C[C@H](C)N1C. The summed E-state index contributed by atoms with van der Waals surface area (Å²) in [6.07, 6.45) is 4.58. The molecule has 4 aromatic rings. The van der Waals surface area contributed by atoms with Gasteiger partial charge in [0.05, 0.1) is 11.4 Å². The van der Waals surface area contributed by atoms with E-state index in [1.165, 1.54) is 12.4 Å². The lowest BCUT2D eigenvalue weighted by Crippen LogP contribution is -2.60. The van der Waals surface area contributed by atoms with Crippen molar-refractivity contribution in [3.8, 4) is 28.8 Å². The number of para-hydroxylation sites is 1. The Bertz CT molecular complexity index is 1870. The van der Waals surface area contributed by atoms with E-state index >= 15 is 4.39 Å². The molecule has 3 atom stereocenters. The van der Waals surface area contributed by atoms with Crippen molar-refractivity contribution >= 4 is 22.8 Å². The minimum absolute atomic E-state index is 0.123. The van der Waals surface area contributed by atoms with Crippen molar-refractivity contribution in [2.45, 2.75) is 64.2 Å². The fraction of sp³-hybridized carbons (Fsp3) is 0.417. The predicted octanol–water partition coefficient (Wildman–Crippen LogP) is 5.42. The van der Waals surface area contributed by atoms with E-state index in [2.05, 4.69) is 60.6 Å². The van der Waals surface area contributed by atoms with Crippen LogP contribution in [0, 0.1) is 17.1 Å². The van der Waals surface area contributed by atoms with Gasteiger partial charge in [-0.3, -0.25) is 14.6 Å². The number of nitrogens with zero attached hydrogens (tertiary/aromatic N) is 8. The van der Waals surface area contributed by atoms with Crippen molar-refractivity contribution in [1.29, 1.82) is 5.26 Å². The fourth-order valence-corrected chi connectivity index (χ4v) is 6.79. The van der Waals surface area contributed by atoms with Crippen LogP contribution in [0.3, 0.4) is 0 Å². The van der Waals surface area contributed by atoms with Crippen molar-refractivity contribution in [3.63, 3.8) is 0 Å². The van der Waals surface area contributed by atoms with Gasteiger partial charge >= 0.3 is 0 Å². The Morgan fingerprint density at radius 2 is 1.81 bits per heavy atom. The number of anilines is 1. The number of halogens is 1. The maximum absolute atomic E-state index is 15.7. The first kappa shape index (κ1) is 33.1. The summed E-state index contributed by atoms with van der Waals surface area (Å²) in [5.74, 6) is 0.275. The lowest BCUT2D eigenvalue weighted by molar-refractivity contribution is -0.128. The van der Waals surface area contributed by atoms with Gasteiger partial charge in [-0.2, -0.15) is 10.4 Å². The molecule has 4 heterocycles. The maximum atomic E-state index is 15.7. The van der Waals surface area contributed by atoms with Gasteiger partial charge in [-0.25, -0.2) is 19.0 Å². The molecule has 2 aromatic heterocycles. The van der Waals surface area contributed by atoms with Crippen LogP contribution < -0.4 is 10.5 Å². The molecule has 2 aromatic carbocycles. The van der Waals surface area contributed by atoms with Gasteiger partial charge in [-0.1, -0.05) is 18.2 Å². The van der Waals surface area contributed by atoms with Crippen LogP contribution in [-0.2, 0) is 4.79 Å². The number of piperidine rings is 1. The number of piperazine rings is 1. The summed E-state index contributed by atoms with van der Waals surface area (Å²) in [6, 6.07) is 16.4. The van der Waals surface area contributed by atoms with Crippen LogP contribution in [-0.4, -0.2) is 91.2 Å². The Morgan fingerprint density at radius 3 is 2.50 bits per heavy atom. The highest BCUT2D eigenvalue weighted by atomic mass is 19.1. The molecule has 0 radical (unpaired) electrons. The minimum atomic E-state index is -0.533. The van der Waals surface area contributed by atoms with Crippen LogP contribution in [0.2, 0.25) is 0 Å². The Morgan fingerprint density at radius 1 is 1.08 bits per heavy atom. The second-order valence-corrected chi connectivity index (χ2v) is 13.4. The van der Waals surface area contributed by atoms with Gasteiger partial charge in [-0.15, -0.1) is 0 Å². The number of likely N-dealkylation sites (tertiary alicyclic amines) is 1. The average Bonchev–Trinajstić information content (AvgIpc) is 3.47. The first-order valence-corrected chi connectivity index (χ1v) is 16.4. The molecule has 2 N–H and O–H groups in total. The molecule has 2 aliphatic heterocycles. The lowest BCUT2D eigenvalue weighted by Gasteiger charge is -2.48. The second kappa shape index (κ2) is 13.3. The Kier molecular flexibility index (Phi) is 9.18. The van der Waals surface area contributed by atoms with Crippen molar-refractivity contribution in [2.75, 3.05) is 39.0 Å². The van der Waals surface area contributed by atoms with Crippen LogP contribution in [0.25, 0.3) is 22.3 Å². The van der Waals surface area contributed by atoms with Crippen LogP contribution in [0.4, 0.5) is 10.2 Å². The normalized spacial score (nSPS) is 21.3. The molecule has 0 bridgehead atoms. The van der Waals surface area contributed by atoms with Gasteiger partial charge in [0, 0.05) is 55.4 Å². The van der Waals surface area contributed by atoms with Crippen LogP contribution >= 0.6 is 0 Å². The second-order valence-electron chi connectivity index (χ2n) is 13.4. The van der Waals surface area contributed by atoms with E-state index in [1.807, 2.05) is 24.3 Å². The molecular weight excluding hydrogens is 609 g/mol. The molecular formula is C36H42FN9O2. The van der Waals surface area contributed by atoms with E-state index in [1.54, 1.807) is 33.8 Å². The molecule has 11 nitrogen and oxygen atoms in total. The van der Waals surface area contributed by atoms with E-state index in [9.17, 15) is 10.1 Å². The van der Waals surface area contributed by atoms with E-state index in [4.69, 9.17) is 15.6 Å². The topological polar surface area (TPSA) is 129 Å². The Hall–Kier alpha value is -4.86. The van der Waals surface area contributed by atoms with Gasteiger partial charge in [0.2, 0.25) is 0 Å². The first-order chi connectivity index (χ1) is 23.0. The fourth-order valence-electron chi connectivity index (χ4n) is 6.79. The van der Waals surface area contributed by atoms with E-state index in [0.29, 0.717) is 66.2 Å². The zero-order valence-electron chi connectivity index (χ0n) is 28.1. The smallest absolute Gasteiger partial charge is 0.264 e. The number of nitriles is 1. The van der Waals surface area contributed by atoms with Crippen LogP contribution in [0.1, 0.15) is 46.6 Å². The predicted molar refractivity (Wildman–Crippen MR) is 183 cm³/mol. The number of nitrogen functional groups attached to an aromatic ring is 1. The number of benzene rings is 2. The highest BCUT2D eigenvalue weighted by Gasteiger charge is 2.36. The number of hydrogen-bond donors (Lipinski definition) is 1. The van der Waals surface area contributed by atoms with Crippen molar-refractivity contribution in [3.05, 3.63) is 72.3 Å². The summed E-state index contributed by atoms with van der Waals surface area (Å²) in [5, 5.41) is 15.4. The third-order valence-electron chi connectivity index (χ3n) is 9.75. The number of carbonyl (C=O) groups excluding carboxylic acids is 1. The van der Waals surface area contributed by atoms with Gasteiger partial charge in [0.15, 0.2) is 5.65 Å². The third-order valence-corrected chi connectivity index (χ3v) is 9.75. The molecule has 48 heavy (non-hydrogen) atoms. The van der Waals surface area contributed by atoms with Crippen molar-refractivity contribution in [2.24, 2.45) is 0 Å². The molecule has 2 aliphatic rings. The monoisotopic (exact) mass is 651 g/mol. The molecule has 2 fully saturated rings. The zero-order chi connectivity index (χ0) is 34.2. The number of nitrogens with two attached hydrogens (primary N) is 1. The van der Waals surface area contributed by atoms with Gasteiger partial charge < -0.3 is 15.4 Å². The van der Waals surface area contributed by atoms with Gasteiger partial charge in [0.1, 0.15) is 46.8 Å². The number of likely N-dealkylation sites (N-methyl/N-ethyl adjacent to an activating group) is 1. The molecule has 2 saturated heterocycles. The number of hydrogen-bond acceptors (Lipinski definition) is 9. The number of rotatable bonds is 7. The molecule has 1 unspecified atom stereocenters. The molecule has 0 spiro atoms. The zero-order valence-corrected chi connectivity index (χ0v) is 28.1. The molecule has 1 amide bonds. The number of fused-ring (bicyclic) bond motifs is 1. The summed E-state index contributed by atoms with van der Waals surface area (Å²) in [7, 11) is 2.13. The first-order valence-electron chi connectivity index (χ1n) is 16.4. The molecule has 12 heteroatoms. The van der Waals surface area contributed by atoms with Crippen molar-refractivity contribution < 1.29 is 13.9 Å². The average molecular weight is 652 g/mol. The van der Waals surface area contributed by atoms with E-state index in [-0.39, 0.29) is 28.9 Å². The van der Waals surface area contributed by atoms with E-state index < -0.39 is 11.4 Å². The maximum Gasteiger partial charge on any atom is 0.264 e. The number of carbonyl (C=O) groups is 1. The highest BCUT2D eigenvalue weighted by Crippen LogP contribution is 2.36. The summed E-state index contributed by atoms with van der Waals surface area (Å²) in [6.45, 7) is 11.0. The quantitative estimate of drug-likeness (QED) is 0.206. The lowest BCUT2D eigenvalue weighted by atomic mass is 9.94. The Balaban J connectivity index is 1.27. The standard InChI is InChI=1S/C36H42FN9O2/c1-23-19-45(20-24(2)43(23)5)36(3,4)17-25(18-38)35(47)44-15-9-10-26(21-44)46-34-31(33(39)40-22-41-34)32(42-46)29-14-13-28(16-30(29)37)48-27-11-7-6-8-12-27/h6-8,11-14,16-17,22-24,26H,9-10,15,19-21H2,1-5H3,(H2,39,40,41)/t23-,24+,26?. The van der Waals surface area contributed by atoms with Crippen LogP contribution in [0.5, 0.6) is 11.5 Å². The van der Waals surface area contributed by atoms with Gasteiger partial charge in [-0.05, 0) is 77.9 Å². The summed E-state index contributed by atoms with van der Waals surface area (Å²) in [5.41, 5.74) is 6.96. The summed E-state index contributed by atoms with van der Waals surface area (Å²) < 4.78 is 23.2. The van der Waals surface area contributed by atoms with Crippen LogP contribution in [0.15, 0.2) is 66.5 Å². The summed E-state index contributed by atoms with van der Waals surface area (Å²) >= 11 is 0. The molecule has 0 saturated carbocycles. The minimum Gasteiger partial charge on any atom is -0.457 e.